The normalized spacial score (nSPS) is 14.3. The predicted molar refractivity (Wildman–Crippen MR) is 127 cm³/mol. The Labute approximate surface area is 198 Å². The number of likely N-dealkylation sites (tertiary alicyclic amines) is 1. The summed E-state index contributed by atoms with van der Waals surface area (Å²) in [5.74, 6) is -0.0406. The molecule has 1 aliphatic heterocycles. The van der Waals surface area contributed by atoms with Crippen molar-refractivity contribution in [3.8, 4) is 11.4 Å². The molecular weight excluding hydrogens is 439 g/mol. The maximum Gasteiger partial charge on any atom is 0.273 e. The number of nitrogens with zero attached hydrogens (tertiary/aromatic N) is 6. The van der Waals surface area contributed by atoms with E-state index in [1.165, 1.54) is 42.9 Å². The number of benzene rings is 1. The number of carbonyl (C=O) groups is 1. The van der Waals surface area contributed by atoms with E-state index in [-0.39, 0.29) is 31.0 Å². The predicted octanol–water partition coefficient (Wildman–Crippen LogP) is 2.52. The Kier molecular flexibility index (Phi) is 8.47. The average molecular weight is 471 g/mol. The first-order valence-electron chi connectivity index (χ1n) is 10.8. The van der Waals surface area contributed by atoms with E-state index < -0.39 is 11.7 Å². The van der Waals surface area contributed by atoms with E-state index in [1.807, 2.05) is 0 Å². The zero-order valence-electron chi connectivity index (χ0n) is 18.7. The fraction of sp³-hybridized carbons (Fsp3) is 0.435. The number of amides is 1. The zero-order chi connectivity index (χ0) is 23.2. The molecule has 11 heteroatoms. The van der Waals surface area contributed by atoms with Crippen molar-refractivity contribution in [1.29, 1.82) is 0 Å². The molecule has 0 radical (unpaired) electrons. The topological polar surface area (TPSA) is 110 Å². The van der Waals surface area contributed by atoms with E-state index in [1.54, 1.807) is 6.07 Å². The molecule has 0 saturated carbocycles. The van der Waals surface area contributed by atoms with Gasteiger partial charge in [-0.15, -0.1) is 0 Å². The molecule has 2 N–H and O–H groups in total. The maximum atomic E-state index is 15.0. The lowest BCUT2D eigenvalue weighted by Gasteiger charge is -2.29. The van der Waals surface area contributed by atoms with Crippen LogP contribution in [0, 0.1) is 11.7 Å². The minimum Gasteiger partial charge on any atom is -0.494 e. The number of anilines is 1. The highest BCUT2D eigenvalue weighted by Crippen LogP contribution is 2.26. The maximum absolute atomic E-state index is 15.0. The van der Waals surface area contributed by atoms with Crippen molar-refractivity contribution in [2.45, 2.75) is 26.8 Å². The van der Waals surface area contributed by atoms with Gasteiger partial charge in [-0.2, -0.15) is 5.10 Å². The van der Waals surface area contributed by atoms with Gasteiger partial charge in [0.2, 0.25) is 0 Å². The summed E-state index contributed by atoms with van der Waals surface area (Å²) in [7, 11) is 3.51. The van der Waals surface area contributed by atoms with Gasteiger partial charge in [0.1, 0.15) is 12.7 Å². The van der Waals surface area contributed by atoms with Gasteiger partial charge in [-0.25, -0.2) is 24.0 Å². The molecule has 182 valence electrons. The minimum atomic E-state index is -0.578. The molecule has 2 aromatic heterocycles. The second-order valence-electron chi connectivity index (χ2n) is 7.98. The summed E-state index contributed by atoms with van der Waals surface area (Å²) in [6, 6.07) is 3.17. The van der Waals surface area contributed by atoms with E-state index in [9.17, 15) is 4.79 Å². The molecule has 3 aromatic rings. The van der Waals surface area contributed by atoms with Crippen molar-refractivity contribution in [1.82, 2.24) is 34.9 Å². The van der Waals surface area contributed by atoms with Crippen molar-refractivity contribution in [2.75, 3.05) is 39.1 Å². The van der Waals surface area contributed by atoms with Crippen LogP contribution in [0.3, 0.4) is 0 Å². The third kappa shape index (κ3) is 5.66. The fourth-order valence-corrected chi connectivity index (χ4v) is 3.86. The standard InChI is InChI=1S/C22H27FN8O2.CH4/c1-30-9-5-15(6-10-30)11-27-21-20(25-7-8-26-21)22(32)28-12-16-17(31-14-24-13-29-31)3-4-18(33-2)19(16)23;/h3-4,7-8,13-15H,5-6,9-12H2,1-2H3,(H,26,27)(H,28,32);1H4. The first-order valence-corrected chi connectivity index (χ1v) is 10.8. The molecule has 34 heavy (non-hydrogen) atoms. The first kappa shape index (κ1) is 25.0. The number of carbonyl (C=O) groups excluding carboxylic acids is 1. The molecule has 0 bridgehead atoms. The highest BCUT2D eigenvalue weighted by atomic mass is 19.1. The molecule has 1 aliphatic rings. The van der Waals surface area contributed by atoms with Crippen molar-refractivity contribution in [2.24, 2.45) is 5.92 Å². The third-order valence-electron chi connectivity index (χ3n) is 5.80. The lowest BCUT2D eigenvalue weighted by atomic mass is 9.97. The fourth-order valence-electron chi connectivity index (χ4n) is 3.86. The number of nitrogens with one attached hydrogen (secondary N) is 2. The van der Waals surface area contributed by atoms with Crippen LogP contribution in [0.25, 0.3) is 5.69 Å². The van der Waals surface area contributed by atoms with Gasteiger partial charge in [-0.05, 0) is 51.0 Å². The number of hydrogen-bond acceptors (Lipinski definition) is 8. The number of piperidine rings is 1. The number of ether oxygens (including phenoxy) is 1. The van der Waals surface area contributed by atoms with Crippen LogP contribution < -0.4 is 15.4 Å². The number of methoxy groups -OCH3 is 1. The smallest absolute Gasteiger partial charge is 0.273 e. The van der Waals surface area contributed by atoms with Crippen LogP contribution in [-0.4, -0.2) is 69.3 Å². The minimum absolute atomic E-state index is 0. The van der Waals surface area contributed by atoms with Crippen LogP contribution >= 0.6 is 0 Å². The van der Waals surface area contributed by atoms with Crippen LogP contribution in [0.15, 0.2) is 37.2 Å². The Bertz CT molecular complexity index is 1080. The molecular formula is C23H31FN8O2. The second-order valence-corrected chi connectivity index (χ2v) is 7.98. The van der Waals surface area contributed by atoms with Crippen molar-refractivity contribution in [3.63, 3.8) is 0 Å². The average Bonchev–Trinajstić information content (AvgIpc) is 3.37. The molecule has 4 rings (SSSR count). The van der Waals surface area contributed by atoms with Gasteiger partial charge >= 0.3 is 0 Å². The Morgan fingerprint density at radius 2 is 2.00 bits per heavy atom. The van der Waals surface area contributed by atoms with Crippen molar-refractivity contribution < 1.29 is 13.9 Å². The molecule has 1 aromatic carbocycles. The number of hydrogen-bond donors (Lipinski definition) is 2. The van der Waals surface area contributed by atoms with Gasteiger partial charge in [-0.3, -0.25) is 4.79 Å². The van der Waals surface area contributed by atoms with E-state index in [2.05, 4.69) is 42.6 Å². The van der Waals surface area contributed by atoms with Crippen molar-refractivity contribution in [3.05, 3.63) is 54.3 Å². The largest absolute Gasteiger partial charge is 0.494 e. The quantitative estimate of drug-likeness (QED) is 0.517. The van der Waals surface area contributed by atoms with Gasteiger partial charge < -0.3 is 20.3 Å². The first-order chi connectivity index (χ1) is 16.1. The summed E-state index contributed by atoms with van der Waals surface area (Å²) in [4.78, 5) is 27.7. The Hall–Kier alpha value is -3.60. The molecule has 0 aliphatic carbocycles. The summed E-state index contributed by atoms with van der Waals surface area (Å²) in [6.07, 6.45) is 7.99. The highest BCUT2D eigenvalue weighted by molar-refractivity contribution is 5.96. The SMILES string of the molecule is C.COc1ccc(-n2cncn2)c(CNC(=O)c2nccnc2NCC2CCN(C)CC2)c1F. The summed E-state index contributed by atoms with van der Waals surface area (Å²) in [5.41, 5.74) is 0.833. The number of aromatic nitrogens is 5. The molecule has 0 unspecified atom stereocenters. The lowest BCUT2D eigenvalue weighted by molar-refractivity contribution is 0.0946. The monoisotopic (exact) mass is 470 g/mol. The Morgan fingerprint density at radius 1 is 1.24 bits per heavy atom. The molecule has 1 saturated heterocycles. The van der Waals surface area contributed by atoms with Crippen LogP contribution in [-0.2, 0) is 6.54 Å². The second kappa shape index (κ2) is 11.5. The van der Waals surface area contributed by atoms with Gasteiger partial charge in [0.25, 0.3) is 5.91 Å². The Morgan fingerprint density at radius 3 is 2.71 bits per heavy atom. The van der Waals surface area contributed by atoms with E-state index in [4.69, 9.17) is 4.74 Å². The highest BCUT2D eigenvalue weighted by Gasteiger charge is 2.21. The van der Waals surface area contributed by atoms with Crippen LogP contribution in [0.4, 0.5) is 10.2 Å². The summed E-state index contributed by atoms with van der Waals surface area (Å²) >= 11 is 0. The van der Waals surface area contributed by atoms with Gasteiger partial charge in [0.15, 0.2) is 23.1 Å². The molecule has 3 heterocycles. The van der Waals surface area contributed by atoms with Gasteiger partial charge in [-0.1, -0.05) is 7.43 Å². The van der Waals surface area contributed by atoms with Gasteiger partial charge in [0, 0.05) is 31.0 Å². The van der Waals surface area contributed by atoms with Crippen molar-refractivity contribution >= 4 is 11.7 Å². The summed E-state index contributed by atoms with van der Waals surface area (Å²) < 4.78 is 21.6. The number of halogens is 1. The Balaban J connectivity index is 0.00000324. The van der Waals surface area contributed by atoms with E-state index in [0.717, 1.165) is 25.9 Å². The summed E-state index contributed by atoms with van der Waals surface area (Å²) in [5, 5.41) is 10.1. The lowest BCUT2D eigenvalue weighted by Crippen LogP contribution is -2.33. The zero-order valence-corrected chi connectivity index (χ0v) is 18.7. The third-order valence-corrected chi connectivity index (χ3v) is 5.80. The molecule has 0 spiro atoms. The number of rotatable bonds is 8. The van der Waals surface area contributed by atoms with Crippen LogP contribution in [0.5, 0.6) is 5.75 Å². The molecule has 0 atom stereocenters. The molecule has 1 amide bonds. The molecule has 1 fully saturated rings. The summed E-state index contributed by atoms with van der Waals surface area (Å²) in [6.45, 7) is 2.73. The van der Waals surface area contributed by atoms with Gasteiger partial charge in [0.05, 0.1) is 12.8 Å². The van der Waals surface area contributed by atoms with E-state index >= 15 is 4.39 Å². The van der Waals surface area contributed by atoms with Crippen LogP contribution in [0.1, 0.15) is 36.3 Å². The molecule has 10 nitrogen and oxygen atoms in total. The van der Waals surface area contributed by atoms with Crippen LogP contribution in [0.2, 0.25) is 0 Å². The van der Waals surface area contributed by atoms with E-state index in [0.29, 0.717) is 24.0 Å².